The summed E-state index contributed by atoms with van der Waals surface area (Å²) in [6.45, 7) is 2.13. The zero-order chi connectivity index (χ0) is 11.5. The van der Waals surface area contributed by atoms with Crippen LogP contribution in [0.3, 0.4) is 0 Å². The van der Waals surface area contributed by atoms with Gasteiger partial charge in [-0.25, -0.2) is 0 Å². The molecule has 0 radical (unpaired) electrons. The molecule has 0 amide bonds. The van der Waals surface area contributed by atoms with Crippen molar-refractivity contribution in [2.75, 3.05) is 5.73 Å². The van der Waals surface area contributed by atoms with Crippen molar-refractivity contribution in [1.29, 1.82) is 0 Å². The number of benzene rings is 2. The third-order valence-electron chi connectivity index (χ3n) is 2.70. The van der Waals surface area contributed by atoms with Gasteiger partial charge >= 0.3 is 0 Å². The van der Waals surface area contributed by atoms with Gasteiger partial charge in [0.2, 0.25) is 0 Å². The Bertz CT molecular complexity index is 492. The molecule has 90 valence electrons. The summed E-state index contributed by atoms with van der Waals surface area (Å²) in [5.74, 6) is 0. The van der Waals surface area contributed by atoms with Gasteiger partial charge in [-0.3, -0.25) is 0 Å². The van der Waals surface area contributed by atoms with Gasteiger partial charge < -0.3 is 5.73 Å². The third kappa shape index (κ3) is 2.93. The average molecular weight is 268 g/mol. The minimum Gasteiger partial charge on any atom is -0.398 e. The highest BCUT2D eigenvalue weighted by molar-refractivity contribution is 6.30. The number of halogens is 2. The summed E-state index contributed by atoms with van der Waals surface area (Å²) in [4.78, 5) is 0. The Labute approximate surface area is 113 Å². The van der Waals surface area contributed by atoms with Crippen molar-refractivity contribution in [3.8, 4) is 11.1 Å². The second-order valence-electron chi connectivity index (χ2n) is 3.74. The van der Waals surface area contributed by atoms with E-state index in [-0.39, 0.29) is 12.4 Å². The zero-order valence-electron chi connectivity index (χ0n) is 9.61. The second kappa shape index (κ2) is 5.95. The summed E-state index contributed by atoms with van der Waals surface area (Å²) >= 11 is 5.88. The Balaban J connectivity index is 0.00000144. The van der Waals surface area contributed by atoms with Gasteiger partial charge in [0.1, 0.15) is 0 Å². The summed E-state index contributed by atoms with van der Waals surface area (Å²) in [7, 11) is 0. The Morgan fingerprint density at radius 3 is 2.29 bits per heavy atom. The first-order valence-electron chi connectivity index (χ1n) is 5.35. The fourth-order valence-corrected chi connectivity index (χ4v) is 2.01. The molecule has 0 heterocycles. The van der Waals surface area contributed by atoms with Crippen molar-refractivity contribution in [1.82, 2.24) is 0 Å². The second-order valence-corrected chi connectivity index (χ2v) is 4.18. The maximum atomic E-state index is 6.03. The average Bonchev–Trinajstić information content (AvgIpc) is 2.30. The largest absolute Gasteiger partial charge is 0.398 e. The lowest BCUT2D eigenvalue weighted by atomic mass is 9.96. The van der Waals surface area contributed by atoms with E-state index < -0.39 is 0 Å². The summed E-state index contributed by atoms with van der Waals surface area (Å²) < 4.78 is 0. The molecular weight excluding hydrogens is 253 g/mol. The van der Waals surface area contributed by atoms with Crippen LogP contribution in [0.1, 0.15) is 12.5 Å². The van der Waals surface area contributed by atoms with E-state index in [4.69, 9.17) is 17.3 Å². The van der Waals surface area contributed by atoms with Crippen molar-refractivity contribution in [3.05, 3.63) is 53.1 Å². The molecule has 0 unspecified atom stereocenters. The van der Waals surface area contributed by atoms with Crippen molar-refractivity contribution < 1.29 is 0 Å². The van der Waals surface area contributed by atoms with E-state index in [1.54, 1.807) is 0 Å². The molecule has 17 heavy (non-hydrogen) atoms. The molecule has 0 fully saturated rings. The van der Waals surface area contributed by atoms with Crippen LogP contribution in [-0.2, 0) is 6.42 Å². The number of nitrogen functional groups attached to an aromatic ring is 1. The smallest absolute Gasteiger partial charge is 0.0406 e. The van der Waals surface area contributed by atoms with Crippen molar-refractivity contribution in [3.63, 3.8) is 0 Å². The van der Waals surface area contributed by atoms with Gasteiger partial charge in [-0.2, -0.15) is 0 Å². The van der Waals surface area contributed by atoms with E-state index in [1.807, 2.05) is 36.4 Å². The molecule has 0 saturated heterocycles. The topological polar surface area (TPSA) is 26.0 Å². The molecule has 1 nitrogen and oxygen atoms in total. The van der Waals surface area contributed by atoms with E-state index in [9.17, 15) is 0 Å². The Morgan fingerprint density at radius 2 is 1.71 bits per heavy atom. The highest BCUT2D eigenvalue weighted by atomic mass is 35.5. The number of anilines is 1. The van der Waals surface area contributed by atoms with Crippen molar-refractivity contribution in [2.45, 2.75) is 13.3 Å². The quantitative estimate of drug-likeness (QED) is 0.793. The van der Waals surface area contributed by atoms with Crippen LogP contribution in [0, 0.1) is 0 Å². The number of hydrogen-bond acceptors (Lipinski definition) is 1. The minimum absolute atomic E-state index is 0. The van der Waals surface area contributed by atoms with Gasteiger partial charge in [-0.15, -0.1) is 12.4 Å². The van der Waals surface area contributed by atoms with Gasteiger partial charge in [0.05, 0.1) is 0 Å². The van der Waals surface area contributed by atoms with Crippen LogP contribution in [0.2, 0.25) is 5.02 Å². The molecule has 0 aliphatic rings. The van der Waals surface area contributed by atoms with Gasteiger partial charge in [0.25, 0.3) is 0 Å². The number of rotatable bonds is 2. The molecular formula is C14H15Cl2N. The fraction of sp³-hybridized carbons (Fsp3) is 0.143. The van der Waals surface area contributed by atoms with Crippen LogP contribution < -0.4 is 5.73 Å². The van der Waals surface area contributed by atoms with E-state index in [2.05, 4.69) is 13.0 Å². The van der Waals surface area contributed by atoms with Crippen LogP contribution in [0.4, 0.5) is 5.69 Å². The molecule has 2 aromatic rings. The Morgan fingerprint density at radius 1 is 1.06 bits per heavy atom. The standard InChI is InChI=1S/C14H14ClN.ClH/c1-2-10-4-3-5-13(16)14(10)11-6-8-12(15)9-7-11;/h3-9H,2,16H2,1H3;1H. The van der Waals surface area contributed by atoms with Crippen LogP contribution in [0.5, 0.6) is 0 Å². The maximum absolute atomic E-state index is 6.03. The molecule has 0 spiro atoms. The number of nitrogens with two attached hydrogens (primary N) is 1. The molecule has 2 rings (SSSR count). The fourth-order valence-electron chi connectivity index (χ4n) is 1.88. The highest BCUT2D eigenvalue weighted by Gasteiger charge is 2.06. The normalized spacial score (nSPS) is 9.76. The van der Waals surface area contributed by atoms with Crippen LogP contribution >= 0.6 is 24.0 Å². The molecule has 0 aromatic heterocycles. The third-order valence-corrected chi connectivity index (χ3v) is 2.95. The summed E-state index contributed by atoms with van der Waals surface area (Å²) in [6.07, 6.45) is 0.975. The van der Waals surface area contributed by atoms with Gasteiger partial charge in [-0.05, 0) is 35.7 Å². The van der Waals surface area contributed by atoms with E-state index in [0.717, 1.165) is 28.3 Å². The lowest BCUT2D eigenvalue weighted by Gasteiger charge is -2.11. The SMILES string of the molecule is CCc1cccc(N)c1-c1ccc(Cl)cc1.Cl. The molecule has 0 aliphatic carbocycles. The summed E-state index contributed by atoms with van der Waals surface area (Å²) in [6, 6.07) is 13.8. The van der Waals surface area contributed by atoms with Gasteiger partial charge in [-0.1, -0.05) is 42.8 Å². The predicted molar refractivity (Wildman–Crippen MR) is 77.9 cm³/mol. The van der Waals surface area contributed by atoms with Gasteiger partial charge in [0, 0.05) is 16.3 Å². The molecule has 0 atom stereocenters. The minimum atomic E-state index is 0. The van der Waals surface area contributed by atoms with E-state index in [0.29, 0.717) is 0 Å². The number of aryl methyl sites for hydroxylation is 1. The first-order valence-corrected chi connectivity index (χ1v) is 5.73. The first-order chi connectivity index (χ1) is 7.72. The highest BCUT2D eigenvalue weighted by Crippen LogP contribution is 2.30. The molecule has 2 aromatic carbocycles. The van der Waals surface area contributed by atoms with Gasteiger partial charge in [0.15, 0.2) is 0 Å². The van der Waals surface area contributed by atoms with E-state index >= 15 is 0 Å². The lowest BCUT2D eigenvalue weighted by molar-refractivity contribution is 1.14. The predicted octanol–water partition coefficient (Wildman–Crippen LogP) is 4.57. The van der Waals surface area contributed by atoms with Crippen LogP contribution in [0.15, 0.2) is 42.5 Å². The van der Waals surface area contributed by atoms with Crippen LogP contribution in [0.25, 0.3) is 11.1 Å². The summed E-state index contributed by atoms with van der Waals surface area (Å²) in [5, 5.41) is 0.747. The first kappa shape index (κ1) is 13.9. The lowest BCUT2D eigenvalue weighted by Crippen LogP contribution is -1.94. The van der Waals surface area contributed by atoms with Crippen molar-refractivity contribution >= 4 is 29.7 Å². The van der Waals surface area contributed by atoms with Crippen LogP contribution in [-0.4, -0.2) is 0 Å². The molecule has 0 aliphatic heterocycles. The van der Waals surface area contributed by atoms with E-state index in [1.165, 1.54) is 5.56 Å². The van der Waals surface area contributed by atoms with Crippen molar-refractivity contribution in [2.24, 2.45) is 0 Å². The summed E-state index contributed by atoms with van der Waals surface area (Å²) in [5.41, 5.74) is 10.4. The monoisotopic (exact) mass is 267 g/mol. The number of hydrogen-bond donors (Lipinski definition) is 1. The Hall–Kier alpha value is -1.18. The zero-order valence-corrected chi connectivity index (χ0v) is 11.2. The molecule has 3 heteroatoms. The Kier molecular flexibility index (Phi) is 4.86. The maximum Gasteiger partial charge on any atom is 0.0406 e. The molecule has 0 bridgehead atoms. The molecule has 0 saturated carbocycles. The molecule has 2 N–H and O–H groups in total.